The van der Waals surface area contributed by atoms with E-state index >= 15 is 0 Å². The van der Waals surface area contributed by atoms with Crippen molar-refractivity contribution in [1.29, 1.82) is 0 Å². The lowest BCUT2D eigenvalue weighted by molar-refractivity contribution is 0.411. The average Bonchev–Trinajstić information content (AvgIpc) is 2.75. The number of hydrogen-bond donors (Lipinski definition) is 1. The molecule has 0 bridgehead atoms. The van der Waals surface area contributed by atoms with E-state index in [1.165, 1.54) is 16.9 Å². The minimum atomic E-state index is 0.734. The summed E-state index contributed by atoms with van der Waals surface area (Å²) in [5.74, 6) is 0. The van der Waals surface area contributed by atoms with Gasteiger partial charge in [-0.3, -0.25) is 0 Å². The van der Waals surface area contributed by atoms with Crippen molar-refractivity contribution in [3.63, 3.8) is 0 Å². The lowest BCUT2D eigenvalue weighted by atomic mass is 10.2. The van der Waals surface area contributed by atoms with Crippen molar-refractivity contribution in [1.82, 2.24) is 10.3 Å². The van der Waals surface area contributed by atoms with Gasteiger partial charge in [0.15, 0.2) is 0 Å². The molecule has 1 N–H and O–H groups in total. The fourth-order valence-corrected chi connectivity index (χ4v) is 1.83. The Kier molecular flexibility index (Phi) is 2.10. The molecule has 12 heavy (non-hydrogen) atoms. The van der Waals surface area contributed by atoms with E-state index < -0.39 is 0 Å². The number of rotatable bonds is 2. The SMILES string of the molecule is COc1nc(C2=CCNC2)cs1. The van der Waals surface area contributed by atoms with Crippen LogP contribution in [0.4, 0.5) is 0 Å². The van der Waals surface area contributed by atoms with Crippen molar-refractivity contribution in [2.24, 2.45) is 0 Å². The van der Waals surface area contributed by atoms with Gasteiger partial charge in [0.05, 0.1) is 12.8 Å². The zero-order valence-electron chi connectivity index (χ0n) is 6.83. The zero-order valence-corrected chi connectivity index (χ0v) is 7.65. The summed E-state index contributed by atoms with van der Waals surface area (Å²) in [5, 5.41) is 5.99. The Hall–Kier alpha value is -0.870. The van der Waals surface area contributed by atoms with Crippen LogP contribution in [0.1, 0.15) is 5.69 Å². The topological polar surface area (TPSA) is 34.1 Å². The molecule has 2 heterocycles. The molecule has 2 rings (SSSR count). The molecule has 0 atom stereocenters. The van der Waals surface area contributed by atoms with Gasteiger partial charge in [-0.25, -0.2) is 4.98 Å². The smallest absolute Gasteiger partial charge is 0.273 e. The van der Waals surface area contributed by atoms with Crippen molar-refractivity contribution >= 4 is 16.9 Å². The number of nitrogens with one attached hydrogen (secondary N) is 1. The molecular weight excluding hydrogens is 172 g/mol. The van der Waals surface area contributed by atoms with E-state index in [-0.39, 0.29) is 0 Å². The van der Waals surface area contributed by atoms with E-state index in [9.17, 15) is 0 Å². The summed E-state index contributed by atoms with van der Waals surface area (Å²) in [6.07, 6.45) is 2.16. The standard InChI is InChI=1S/C8H10N2OS/c1-11-8-10-7(5-12-8)6-2-3-9-4-6/h2,5,9H,3-4H2,1H3. The highest BCUT2D eigenvalue weighted by atomic mass is 32.1. The lowest BCUT2D eigenvalue weighted by Gasteiger charge is -1.94. The second-order valence-corrected chi connectivity index (χ2v) is 3.38. The summed E-state index contributed by atoms with van der Waals surface area (Å²) in [6.45, 7) is 1.88. The molecule has 64 valence electrons. The Bertz CT molecular complexity index is 306. The van der Waals surface area contributed by atoms with Crippen LogP contribution in [0.25, 0.3) is 5.57 Å². The maximum absolute atomic E-state index is 5.01. The molecule has 3 nitrogen and oxygen atoms in total. The Morgan fingerprint density at radius 1 is 1.67 bits per heavy atom. The fourth-order valence-electron chi connectivity index (χ4n) is 1.17. The van der Waals surface area contributed by atoms with Gasteiger partial charge in [-0.1, -0.05) is 17.4 Å². The van der Waals surface area contributed by atoms with Crippen molar-refractivity contribution in [3.05, 3.63) is 17.2 Å². The Labute approximate surface area is 75.1 Å². The van der Waals surface area contributed by atoms with Crippen LogP contribution in [0.5, 0.6) is 5.19 Å². The van der Waals surface area contributed by atoms with Gasteiger partial charge >= 0.3 is 0 Å². The van der Waals surface area contributed by atoms with Crippen molar-refractivity contribution in [3.8, 4) is 5.19 Å². The van der Waals surface area contributed by atoms with Gasteiger partial charge in [0.1, 0.15) is 0 Å². The maximum Gasteiger partial charge on any atom is 0.273 e. The third-order valence-electron chi connectivity index (χ3n) is 1.79. The van der Waals surface area contributed by atoms with Crippen LogP contribution in [0.3, 0.4) is 0 Å². The van der Waals surface area contributed by atoms with E-state index in [2.05, 4.69) is 16.4 Å². The summed E-state index contributed by atoms with van der Waals surface area (Å²) < 4.78 is 5.01. The molecule has 0 amide bonds. The normalized spacial score (nSPS) is 16.2. The number of thiazole rings is 1. The summed E-state index contributed by atoms with van der Waals surface area (Å²) in [7, 11) is 1.64. The first-order valence-corrected chi connectivity index (χ1v) is 4.68. The summed E-state index contributed by atoms with van der Waals surface area (Å²) in [5.41, 5.74) is 2.32. The average molecular weight is 182 g/mol. The van der Waals surface area contributed by atoms with Crippen molar-refractivity contribution in [2.75, 3.05) is 20.2 Å². The Morgan fingerprint density at radius 3 is 3.17 bits per heavy atom. The number of hydrogen-bond acceptors (Lipinski definition) is 4. The van der Waals surface area contributed by atoms with E-state index in [4.69, 9.17) is 4.74 Å². The van der Waals surface area contributed by atoms with Gasteiger partial charge in [0.2, 0.25) is 0 Å². The molecule has 0 aliphatic carbocycles. The first kappa shape index (κ1) is 7.76. The Morgan fingerprint density at radius 2 is 2.58 bits per heavy atom. The number of nitrogens with zero attached hydrogens (tertiary/aromatic N) is 1. The Balaban J connectivity index is 2.22. The first-order valence-electron chi connectivity index (χ1n) is 3.80. The second-order valence-electron chi connectivity index (χ2n) is 2.56. The highest BCUT2D eigenvalue weighted by Gasteiger charge is 2.09. The summed E-state index contributed by atoms with van der Waals surface area (Å²) in [4.78, 5) is 4.30. The molecule has 0 unspecified atom stereocenters. The van der Waals surface area contributed by atoms with Crippen LogP contribution in [0.15, 0.2) is 11.5 Å². The molecule has 0 fully saturated rings. The number of aromatic nitrogens is 1. The maximum atomic E-state index is 5.01. The molecule has 0 spiro atoms. The highest BCUT2D eigenvalue weighted by molar-refractivity contribution is 7.11. The molecule has 1 aliphatic rings. The van der Waals surface area contributed by atoms with Crippen LogP contribution in [0.2, 0.25) is 0 Å². The summed E-state index contributed by atoms with van der Waals surface area (Å²) >= 11 is 1.53. The van der Waals surface area contributed by atoms with Gasteiger partial charge in [-0.05, 0) is 5.57 Å². The van der Waals surface area contributed by atoms with E-state index in [0.717, 1.165) is 24.0 Å². The van der Waals surface area contributed by atoms with Gasteiger partial charge in [-0.2, -0.15) is 0 Å². The first-order chi connectivity index (χ1) is 5.90. The molecule has 1 aromatic heterocycles. The van der Waals surface area contributed by atoms with E-state index in [1.54, 1.807) is 7.11 Å². The fraction of sp³-hybridized carbons (Fsp3) is 0.375. The second kappa shape index (κ2) is 3.25. The quantitative estimate of drug-likeness (QED) is 0.744. The van der Waals surface area contributed by atoms with E-state index in [0.29, 0.717) is 0 Å². The molecular formula is C8H10N2OS. The lowest BCUT2D eigenvalue weighted by Crippen LogP contribution is -2.07. The van der Waals surface area contributed by atoms with Crippen LogP contribution in [-0.4, -0.2) is 25.2 Å². The molecule has 0 saturated carbocycles. The number of methoxy groups -OCH3 is 1. The van der Waals surface area contributed by atoms with E-state index in [1.807, 2.05) is 5.38 Å². The highest BCUT2D eigenvalue weighted by Crippen LogP contribution is 2.23. The molecule has 0 aromatic carbocycles. The van der Waals surface area contributed by atoms with Crippen molar-refractivity contribution < 1.29 is 4.74 Å². The third-order valence-corrected chi connectivity index (χ3v) is 2.60. The predicted octanol–water partition coefficient (Wildman–Crippen LogP) is 1.14. The third kappa shape index (κ3) is 1.35. The minimum absolute atomic E-state index is 0.734. The predicted molar refractivity (Wildman–Crippen MR) is 49.5 cm³/mol. The number of ether oxygens (including phenoxy) is 1. The van der Waals surface area contributed by atoms with Crippen LogP contribution in [-0.2, 0) is 0 Å². The van der Waals surface area contributed by atoms with Crippen LogP contribution < -0.4 is 10.1 Å². The van der Waals surface area contributed by atoms with Gasteiger partial charge in [0.25, 0.3) is 5.19 Å². The van der Waals surface area contributed by atoms with Crippen LogP contribution in [0, 0.1) is 0 Å². The monoisotopic (exact) mass is 182 g/mol. The molecule has 4 heteroatoms. The zero-order chi connectivity index (χ0) is 8.39. The van der Waals surface area contributed by atoms with Gasteiger partial charge < -0.3 is 10.1 Å². The van der Waals surface area contributed by atoms with Gasteiger partial charge in [0, 0.05) is 18.5 Å². The molecule has 1 aliphatic heterocycles. The molecule has 0 saturated heterocycles. The minimum Gasteiger partial charge on any atom is -0.473 e. The summed E-state index contributed by atoms with van der Waals surface area (Å²) in [6, 6.07) is 0. The van der Waals surface area contributed by atoms with Crippen molar-refractivity contribution in [2.45, 2.75) is 0 Å². The molecule has 0 radical (unpaired) electrons. The van der Waals surface area contributed by atoms with Gasteiger partial charge in [-0.15, -0.1) is 0 Å². The molecule has 1 aromatic rings. The largest absolute Gasteiger partial charge is 0.473 e. The van der Waals surface area contributed by atoms with Crippen LogP contribution >= 0.6 is 11.3 Å².